The van der Waals surface area contributed by atoms with Gasteiger partial charge in [-0.3, -0.25) is 4.98 Å². The van der Waals surface area contributed by atoms with Gasteiger partial charge in [0.05, 0.1) is 35.4 Å². The molecular weight excluding hydrogens is 446 g/mol. The average molecular weight is 470 g/mol. The molecule has 1 heterocycles. The molecule has 0 amide bonds. The minimum absolute atomic E-state index is 0.0769. The summed E-state index contributed by atoms with van der Waals surface area (Å²) >= 11 is 0. The normalized spacial score (nSPS) is 11.1. The number of methoxy groups -OCH3 is 1. The van der Waals surface area contributed by atoms with Crippen LogP contribution in [-0.4, -0.2) is 45.6 Å². The molecule has 3 aromatic rings. The highest BCUT2D eigenvalue weighted by Gasteiger charge is 2.19. The van der Waals surface area contributed by atoms with E-state index in [0.29, 0.717) is 22.3 Å². The van der Waals surface area contributed by atoms with Gasteiger partial charge in [0.25, 0.3) is 0 Å². The molecule has 2 aromatic carbocycles. The number of carbonyl (C=O) groups is 2. The van der Waals surface area contributed by atoms with E-state index in [1.54, 1.807) is 37.3 Å². The highest BCUT2D eigenvalue weighted by atomic mass is 32.2. The summed E-state index contributed by atoms with van der Waals surface area (Å²) in [6, 6.07) is 10.8. The van der Waals surface area contributed by atoms with E-state index in [1.165, 1.54) is 31.5 Å². The second-order valence-electron chi connectivity index (χ2n) is 6.78. The molecule has 0 saturated heterocycles. The number of ether oxygens (including phenoxy) is 2. The largest absolute Gasteiger partial charge is 0.465 e. The summed E-state index contributed by atoms with van der Waals surface area (Å²) in [6.45, 7) is 5.46. The molecule has 0 aliphatic heterocycles. The third-order valence-electron chi connectivity index (χ3n) is 4.64. The highest BCUT2D eigenvalue weighted by Crippen LogP contribution is 2.31. The van der Waals surface area contributed by atoms with E-state index in [2.05, 4.69) is 21.6 Å². The first-order chi connectivity index (χ1) is 15.8. The fraction of sp³-hybridized carbons (Fsp3) is 0.174. The number of sulfonamides is 1. The highest BCUT2D eigenvalue weighted by molar-refractivity contribution is 7.89. The number of rotatable bonds is 9. The van der Waals surface area contributed by atoms with Gasteiger partial charge in [-0.2, -0.15) is 0 Å². The summed E-state index contributed by atoms with van der Waals surface area (Å²) in [5.74, 6) is -1.13. The summed E-state index contributed by atoms with van der Waals surface area (Å²) in [4.78, 5) is 29.0. The quantitative estimate of drug-likeness (QED) is 0.361. The second-order valence-corrected chi connectivity index (χ2v) is 8.55. The first-order valence-electron chi connectivity index (χ1n) is 9.96. The zero-order valence-electron chi connectivity index (χ0n) is 18.1. The Bertz CT molecular complexity index is 1300. The van der Waals surface area contributed by atoms with E-state index >= 15 is 0 Å². The summed E-state index contributed by atoms with van der Waals surface area (Å²) in [7, 11) is -2.40. The van der Waals surface area contributed by atoms with Crippen molar-refractivity contribution in [3.05, 3.63) is 72.4 Å². The SMILES string of the molecule is C=CCNS(=O)(=O)c1ccc(Nc2c(C(=O)OCC)cnc3ccc(C(=O)OC)cc23)cc1. The van der Waals surface area contributed by atoms with Crippen molar-refractivity contribution in [2.24, 2.45) is 0 Å². The zero-order valence-corrected chi connectivity index (χ0v) is 18.9. The lowest BCUT2D eigenvalue weighted by atomic mass is 10.1. The maximum Gasteiger partial charge on any atom is 0.341 e. The molecule has 0 aliphatic rings. The smallest absolute Gasteiger partial charge is 0.341 e. The van der Waals surface area contributed by atoms with E-state index in [0.717, 1.165) is 0 Å². The Kier molecular flexibility index (Phi) is 7.41. The van der Waals surface area contributed by atoms with E-state index in [1.807, 2.05) is 0 Å². The number of aromatic nitrogens is 1. The number of esters is 2. The molecule has 0 atom stereocenters. The second kappa shape index (κ2) is 10.2. The van der Waals surface area contributed by atoms with Gasteiger partial charge in [-0.25, -0.2) is 22.7 Å². The van der Waals surface area contributed by atoms with Crippen LogP contribution in [0.3, 0.4) is 0 Å². The van der Waals surface area contributed by atoms with Crippen LogP contribution in [-0.2, 0) is 19.5 Å². The Hall–Kier alpha value is -3.76. The molecular formula is C23H23N3O6S. The molecule has 1 aromatic heterocycles. The molecule has 10 heteroatoms. The molecule has 0 saturated carbocycles. The van der Waals surface area contributed by atoms with Crippen LogP contribution >= 0.6 is 0 Å². The van der Waals surface area contributed by atoms with Crippen molar-refractivity contribution >= 4 is 44.2 Å². The Morgan fingerprint density at radius 2 is 1.85 bits per heavy atom. The monoisotopic (exact) mass is 469 g/mol. The van der Waals surface area contributed by atoms with Gasteiger partial charge in [0, 0.05) is 23.8 Å². The van der Waals surface area contributed by atoms with E-state index in [4.69, 9.17) is 9.47 Å². The van der Waals surface area contributed by atoms with Gasteiger partial charge >= 0.3 is 11.9 Å². The Morgan fingerprint density at radius 3 is 2.48 bits per heavy atom. The number of hydrogen-bond donors (Lipinski definition) is 2. The van der Waals surface area contributed by atoms with Gasteiger partial charge in [0.1, 0.15) is 5.56 Å². The van der Waals surface area contributed by atoms with Gasteiger partial charge in [0.15, 0.2) is 0 Å². The van der Waals surface area contributed by atoms with Crippen molar-refractivity contribution in [1.29, 1.82) is 0 Å². The lowest BCUT2D eigenvalue weighted by molar-refractivity contribution is 0.0526. The van der Waals surface area contributed by atoms with Crippen LogP contribution in [0.15, 0.2) is 66.2 Å². The number of nitrogens with one attached hydrogen (secondary N) is 2. The lowest BCUT2D eigenvalue weighted by Gasteiger charge is -2.15. The number of benzene rings is 2. The first-order valence-corrected chi connectivity index (χ1v) is 11.4. The molecule has 0 unspecified atom stereocenters. The minimum Gasteiger partial charge on any atom is -0.465 e. The first kappa shape index (κ1) is 23.9. The van der Waals surface area contributed by atoms with Gasteiger partial charge < -0.3 is 14.8 Å². The Balaban J connectivity index is 2.07. The molecule has 2 N–H and O–H groups in total. The molecule has 0 radical (unpaired) electrons. The van der Waals surface area contributed by atoms with Crippen molar-refractivity contribution < 1.29 is 27.5 Å². The van der Waals surface area contributed by atoms with Crippen LogP contribution in [0.5, 0.6) is 0 Å². The number of fused-ring (bicyclic) bond motifs is 1. The van der Waals surface area contributed by atoms with Gasteiger partial charge in [-0.05, 0) is 49.4 Å². The van der Waals surface area contributed by atoms with Crippen LogP contribution in [0.1, 0.15) is 27.6 Å². The molecule has 0 spiro atoms. The van der Waals surface area contributed by atoms with Crippen LogP contribution in [0.2, 0.25) is 0 Å². The fourth-order valence-electron chi connectivity index (χ4n) is 3.05. The van der Waals surface area contributed by atoms with Crippen molar-refractivity contribution in [2.45, 2.75) is 11.8 Å². The van der Waals surface area contributed by atoms with Gasteiger partial charge in [0.2, 0.25) is 10.0 Å². The lowest BCUT2D eigenvalue weighted by Crippen LogP contribution is -2.23. The van der Waals surface area contributed by atoms with Crippen LogP contribution in [0, 0.1) is 0 Å². The predicted molar refractivity (Wildman–Crippen MR) is 124 cm³/mol. The molecule has 0 aliphatic carbocycles. The summed E-state index contributed by atoms with van der Waals surface area (Å²) in [5.41, 5.74) is 1.86. The Morgan fingerprint density at radius 1 is 1.12 bits per heavy atom. The molecule has 33 heavy (non-hydrogen) atoms. The molecule has 9 nitrogen and oxygen atoms in total. The van der Waals surface area contributed by atoms with Crippen molar-refractivity contribution in [3.8, 4) is 0 Å². The van der Waals surface area contributed by atoms with Crippen molar-refractivity contribution in [2.75, 3.05) is 25.6 Å². The number of carbonyl (C=O) groups excluding carboxylic acids is 2. The molecule has 0 fully saturated rings. The summed E-state index contributed by atoms with van der Waals surface area (Å²) < 4.78 is 36.9. The average Bonchev–Trinajstić information content (AvgIpc) is 2.82. The third kappa shape index (κ3) is 5.36. The summed E-state index contributed by atoms with van der Waals surface area (Å²) in [5, 5.41) is 3.63. The topological polar surface area (TPSA) is 124 Å². The van der Waals surface area contributed by atoms with Crippen molar-refractivity contribution in [1.82, 2.24) is 9.71 Å². The summed E-state index contributed by atoms with van der Waals surface area (Å²) in [6.07, 6.45) is 2.83. The number of nitrogens with zero attached hydrogens (tertiary/aromatic N) is 1. The van der Waals surface area contributed by atoms with Crippen LogP contribution in [0.4, 0.5) is 11.4 Å². The Labute approximate surface area is 191 Å². The molecule has 172 valence electrons. The molecule has 0 bridgehead atoms. The number of hydrogen-bond acceptors (Lipinski definition) is 8. The number of anilines is 2. The third-order valence-corrected chi connectivity index (χ3v) is 6.08. The van der Waals surface area contributed by atoms with E-state index in [9.17, 15) is 18.0 Å². The van der Waals surface area contributed by atoms with E-state index in [-0.39, 0.29) is 29.2 Å². The number of pyridine rings is 1. The predicted octanol–water partition coefficient (Wildman–Crippen LogP) is 3.41. The van der Waals surface area contributed by atoms with Gasteiger partial charge in [-0.1, -0.05) is 6.08 Å². The zero-order chi connectivity index (χ0) is 24.0. The minimum atomic E-state index is -3.68. The standard InChI is InChI=1S/C23H23N3O6S/c1-4-12-25-33(29,30)17-9-7-16(8-10-17)26-21-18-13-15(22(27)31-3)6-11-20(18)24-14-19(21)23(28)32-5-2/h4,6-11,13-14,25H,1,5,12H2,2-3H3,(H,24,26). The molecule has 3 rings (SSSR count). The van der Waals surface area contributed by atoms with Crippen LogP contribution < -0.4 is 10.0 Å². The fourth-order valence-corrected chi connectivity index (χ4v) is 4.05. The van der Waals surface area contributed by atoms with Crippen LogP contribution in [0.25, 0.3) is 10.9 Å². The maximum atomic E-state index is 12.6. The maximum absolute atomic E-state index is 12.6. The van der Waals surface area contributed by atoms with Gasteiger partial charge in [-0.15, -0.1) is 6.58 Å². The van der Waals surface area contributed by atoms with E-state index < -0.39 is 22.0 Å². The van der Waals surface area contributed by atoms with Crippen molar-refractivity contribution in [3.63, 3.8) is 0 Å².